The lowest BCUT2D eigenvalue weighted by atomic mass is 10.3. The maximum Gasteiger partial charge on any atom is 0.265 e. The van der Waals surface area contributed by atoms with Crippen molar-refractivity contribution in [3.63, 3.8) is 0 Å². The first-order valence-electron chi connectivity index (χ1n) is 4.58. The number of methoxy groups -OCH3 is 1. The van der Waals surface area contributed by atoms with Crippen LogP contribution in [0, 0.1) is 6.92 Å². The summed E-state index contributed by atoms with van der Waals surface area (Å²) in [6.07, 6.45) is 0. The molecule has 7 heteroatoms. The van der Waals surface area contributed by atoms with Gasteiger partial charge in [-0.15, -0.1) is 11.3 Å². The first-order valence-corrected chi connectivity index (χ1v) is 6.53. The highest BCUT2D eigenvalue weighted by Gasteiger charge is 2.15. The Hall–Kier alpha value is -0.420. The molecule has 0 aliphatic rings. The molecule has 0 aliphatic carbocycles. The molecule has 0 saturated carbocycles. The van der Waals surface area contributed by atoms with E-state index in [9.17, 15) is 4.79 Å². The Kier molecular flexibility index (Phi) is 5.59. The van der Waals surface area contributed by atoms with E-state index in [1.165, 1.54) is 18.4 Å². The van der Waals surface area contributed by atoms with E-state index in [1.54, 1.807) is 6.07 Å². The topological polar surface area (TPSA) is 38.3 Å². The quantitative estimate of drug-likeness (QED) is 0.920. The number of hydrogen-bond acceptors (Lipinski definition) is 3. The van der Waals surface area contributed by atoms with Crippen LogP contribution in [0.4, 0.5) is 0 Å². The van der Waals surface area contributed by atoms with Gasteiger partial charge in [0.05, 0.1) is 18.7 Å². The van der Waals surface area contributed by atoms with Crippen LogP contribution in [-0.2, 0) is 0 Å². The molecule has 0 radical (unpaired) electrons. The molecule has 1 aromatic heterocycles. The zero-order valence-corrected chi connectivity index (χ0v) is 12.2. The highest BCUT2D eigenvalue weighted by atomic mass is 35.5. The second kappa shape index (κ2) is 6.50. The average Bonchev–Trinajstić information content (AvgIpc) is 2.66. The number of carbonyl (C=O) groups is 1. The van der Waals surface area contributed by atoms with Crippen LogP contribution >= 0.6 is 46.1 Å². The van der Waals surface area contributed by atoms with Gasteiger partial charge in [0, 0.05) is 4.88 Å². The van der Waals surface area contributed by atoms with Crippen LogP contribution in [0.3, 0.4) is 0 Å². The number of ether oxygens (including phenoxy) is 1. The van der Waals surface area contributed by atoms with Crippen LogP contribution in [0.15, 0.2) is 15.6 Å². The molecule has 0 aliphatic heterocycles. The van der Waals surface area contributed by atoms with Gasteiger partial charge in [-0.05, 0) is 13.0 Å². The molecule has 0 fully saturated rings. The number of carbonyl (C=O) groups excluding carboxylic acids is 1. The van der Waals surface area contributed by atoms with Crippen molar-refractivity contribution in [1.82, 2.24) is 5.32 Å². The lowest BCUT2D eigenvalue weighted by molar-refractivity contribution is 0.0959. The minimum atomic E-state index is -0.271. The van der Waals surface area contributed by atoms with E-state index in [1.807, 2.05) is 6.92 Å². The predicted octanol–water partition coefficient (Wildman–Crippen LogP) is 3.68. The van der Waals surface area contributed by atoms with Gasteiger partial charge in [0.2, 0.25) is 0 Å². The molecule has 1 rings (SSSR count). The highest BCUT2D eigenvalue weighted by molar-refractivity contribution is 7.14. The second-order valence-electron chi connectivity index (χ2n) is 3.10. The molecule has 1 heterocycles. The Balaban J connectivity index is 2.73. The van der Waals surface area contributed by atoms with Crippen molar-refractivity contribution in [1.29, 1.82) is 0 Å². The summed E-state index contributed by atoms with van der Waals surface area (Å²) in [5.41, 5.74) is 0. The van der Waals surface area contributed by atoms with Crippen molar-refractivity contribution in [2.45, 2.75) is 6.92 Å². The van der Waals surface area contributed by atoms with Gasteiger partial charge in [-0.3, -0.25) is 4.79 Å². The van der Waals surface area contributed by atoms with Crippen molar-refractivity contribution >= 4 is 52.0 Å². The first-order chi connectivity index (χ1) is 7.95. The molecular weight excluding hydrogens is 305 g/mol. The normalized spacial score (nSPS) is 9.94. The van der Waals surface area contributed by atoms with E-state index in [2.05, 4.69) is 5.32 Å². The Morgan fingerprint density at radius 2 is 2.12 bits per heavy atom. The number of rotatable bonds is 4. The van der Waals surface area contributed by atoms with Crippen LogP contribution in [0.2, 0.25) is 0 Å². The van der Waals surface area contributed by atoms with Gasteiger partial charge in [0.1, 0.15) is 15.1 Å². The molecule has 17 heavy (non-hydrogen) atoms. The fourth-order valence-corrected chi connectivity index (χ4v) is 2.20. The molecule has 1 aromatic rings. The van der Waals surface area contributed by atoms with E-state index in [0.717, 1.165) is 4.88 Å². The number of hydrogen-bond donors (Lipinski definition) is 1. The number of amides is 1. The third kappa shape index (κ3) is 4.07. The zero-order valence-electron chi connectivity index (χ0n) is 9.14. The van der Waals surface area contributed by atoms with Crippen LogP contribution < -0.4 is 10.1 Å². The number of halogens is 3. The lowest BCUT2D eigenvalue weighted by Gasteiger charge is -2.04. The SMILES string of the molecule is COc1cc(C)sc1C(=O)NCC(Cl)=C(Cl)Cl. The van der Waals surface area contributed by atoms with E-state index in [4.69, 9.17) is 39.5 Å². The minimum absolute atomic E-state index is 0.0544. The van der Waals surface area contributed by atoms with Gasteiger partial charge in [0.25, 0.3) is 5.91 Å². The Bertz CT molecular complexity index is 452. The zero-order chi connectivity index (χ0) is 13.0. The molecule has 3 nitrogen and oxygen atoms in total. The van der Waals surface area contributed by atoms with Crippen molar-refractivity contribution in [2.75, 3.05) is 13.7 Å². The van der Waals surface area contributed by atoms with Crippen LogP contribution in [0.5, 0.6) is 5.75 Å². The average molecular weight is 315 g/mol. The van der Waals surface area contributed by atoms with Crippen LogP contribution in [0.25, 0.3) is 0 Å². The van der Waals surface area contributed by atoms with Gasteiger partial charge in [0.15, 0.2) is 0 Å². The lowest BCUT2D eigenvalue weighted by Crippen LogP contribution is -2.24. The second-order valence-corrected chi connectivity index (χ2v) is 5.76. The molecule has 0 spiro atoms. The molecule has 0 unspecified atom stereocenters. The largest absolute Gasteiger partial charge is 0.495 e. The summed E-state index contributed by atoms with van der Waals surface area (Å²) in [5.74, 6) is 0.273. The number of thiophene rings is 1. The molecule has 0 bridgehead atoms. The van der Waals surface area contributed by atoms with Crippen LogP contribution in [0.1, 0.15) is 14.5 Å². The van der Waals surface area contributed by atoms with Gasteiger partial charge >= 0.3 is 0 Å². The summed E-state index contributed by atoms with van der Waals surface area (Å²) in [6.45, 7) is 1.98. The molecule has 0 saturated heterocycles. The van der Waals surface area contributed by atoms with E-state index < -0.39 is 0 Å². The van der Waals surface area contributed by atoms with E-state index in [-0.39, 0.29) is 22.0 Å². The Labute approximate surface area is 118 Å². The number of aryl methyl sites for hydroxylation is 1. The number of nitrogens with one attached hydrogen (secondary N) is 1. The van der Waals surface area contributed by atoms with E-state index >= 15 is 0 Å². The van der Waals surface area contributed by atoms with Crippen molar-refractivity contribution < 1.29 is 9.53 Å². The summed E-state index contributed by atoms with van der Waals surface area (Å²) in [5, 5.41) is 2.79. The molecule has 1 amide bonds. The Morgan fingerprint density at radius 1 is 1.47 bits per heavy atom. The standard InChI is InChI=1S/C10H10Cl3NO2S/c1-5-3-7(16-2)8(17-5)10(15)14-4-6(11)9(12)13/h3H,4H2,1-2H3,(H,14,15). The summed E-state index contributed by atoms with van der Waals surface area (Å²) in [6, 6.07) is 1.80. The summed E-state index contributed by atoms with van der Waals surface area (Å²) in [4.78, 5) is 13.3. The Morgan fingerprint density at radius 3 is 2.65 bits per heavy atom. The minimum Gasteiger partial charge on any atom is -0.495 e. The molecule has 1 N–H and O–H groups in total. The monoisotopic (exact) mass is 313 g/mol. The fourth-order valence-electron chi connectivity index (χ4n) is 1.11. The first kappa shape index (κ1) is 14.6. The molecular formula is C10H10Cl3NO2S. The summed E-state index contributed by atoms with van der Waals surface area (Å²) < 4.78 is 5.04. The van der Waals surface area contributed by atoms with Crippen molar-refractivity contribution in [3.8, 4) is 5.75 Å². The van der Waals surface area contributed by atoms with Gasteiger partial charge < -0.3 is 10.1 Å². The predicted molar refractivity (Wildman–Crippen MR) is 72.5 cm³/mol. The van der Waals surface area contributed by atoms with E-state index in [0.29, 0.717) is 10.6 Å². The summed E-state index contributed by atoms with van der Waals surface area (Å²) in [7, 11) is 1.51. The fraction of sp³-hybridized carbons (Fsp3) is 0.300. The maximum absolute atomic E-state index is 11.8. The molecule has 0 aromatic carbocycles. The maximum atomic E-state index is 11.8. The highest BCUT2D eigenvalue weighted by Crippen LogP contribution is 2.28. The van der Waals surface area contributed by atoms with Gasteiger partial charge in [-0.25, -0.2) is 0 Å². The third-order valence-electron chi connectivity index (χ3n) is 1.86. The smallest absolute Gasteiger partial charge is 0.265 e. The van der Waals surface area contributed by atoms with Gasteiger partial charge in [-0.1, -0.05) is 34.8 Å². The molecule has 0 atom stereocenters. The molecule has 94 valence electrons. The van der Waals surface area contributed by atoms with Crippen molar-refractivity contribution in [3.05, 3.63) is 25.3 Å². The van der Waals surface area contributed by atoms with Crippen LogP contribution in [-0.4, -0.2) is 19.6 Å². The summed E-state index contributed by atoms with van der Waals surface area (Å²) >= 11 is 18.0. The van der Waals surface area contributed by atoms with Gasteiger partial charge in [-0.2, -0.15) is 0 Å². The van der Waals surface area contributed by atoms with Crippen molar-refractivity contribution in [2.24, 2.45) is 0 Å². The third-order valence-corrected chi connectivity index (χ3v) is 3.86.